The Hall–Kier alpha value is -0.600. The van der Waals surface area contributed by atoms with Crippen LogP contribution in [-0.4, -0.2) is 157 Å². The third-order valence-electron chi connectivity index (χ3n) is 5.70. The van der Waals surface area contributed by atoms with Crippen LogP contribution in [0, 0.1) is 0 Å². The molecular formula is C17H30O15. The summed E-state index contributed by atoms with van der Waals surface area (Å²) in [6.45, 7) is -1.89. The lowest BCUT2D eigenvalue weighted by molar-refractivity contribution is -0.372. The molecule has 15 heteroatoms. The normalized spacial score (nSPS) is 52.7. The minimum Gasteiger partial charge on any atom is -0.394 e. The molecule has 0 unspecified atom stereocenters. The molecular weight excluding hydrogens is 444 g/mol. The first-order chi connectivity index (χ1) is 15.1. The fraction of sp³-hybridized carbons (Fsp3) is 1.00. The molecule has 0 amide bonds. The minimum absolute atomic E-state index is 0.388. The summed E-state index contributed by atoms with van der Waals surface area (Å²) in [5.41, 5.74) is 0. The van der Waals surface area contributed by atoms with Gasteiger partial charge in [-0.25, -0.2) is 0 Å². The SMILES string of the molecule is OC[C@H]1O[C@@H](O)[C@H](O)[C@@H](O)[C@@H]1O[C@@H]1O[C@H](CO)[C@@H](O[C@@H]2OC[C@@H](O)[C@H](O)[C@H]2O)[C@H](O)[C@H]1O. The second-order valence-corrected chi connectivity index (χ2v) is 7.89. The fourth-order valence-corrected chi connectivity index (χ4v) is 3.78. The molecule has 3 rings (SSSR count). The highest BCUT2D eigenvalue weighted by Crippen LogP contribution is 2.31. The Morgan fingerprint density at radius 1 is 0.594 bits per heavy atom. The molecule has 0 aliphatic carbocycles. The van der Waals surface area contributed by atoms with Crippen molar-refractivity contribution in [1.82, 2.24) is 0 Å². The van der Waals surface area contributed by atoms with Crippen molar-refractivity contribution in [3.05, 3.63) is 0 Å². The monoisotopic (exact) mass is 474 g/mol. The van der Waals surface area contributed by atoms with E-state index < -0.39 is 99.2 Å². The van der Waals surface area contributed by atoms with Gasteiger partial charge in [0, 0.05) is 0 Å². The van der Waals surface area contributed by atoms with Crippen LogP contribution in [0.25, 0.3) is 0 Å². The first-order valence-electron chi connectivity index (χ1n) is 10.00. The number of rotatable bonds is 6. The molecule has 3 saturated heterocycles. The Bertz CT molecular complexity index is 592. The molecule has 3 heterocycles. The Kier molecular flexibility index (Phi) is 8.75. The topological polar surface area (TPSA) is 248 Å². The van der Waals surface area contributed by atoms with Gasteiger partial charge in [-0.15, -0.1) is 0 Å². The minimum atomic E-state index is -1.85. The van der Waals surface area contributed by atoms with Gasteiger partial charge in [0.2, 0.25) is 0 Å². The molecule has 15 nitrogen and oxygen atoms in total. The Morgan fingerprint density at radius 3 is 1.69 bits per heavy atom. The number of hydrogen-bond acceptors (Lipinski definition) is 15. The van der Waals surface area contributed by atoms with Crippen molar-refractivity contribution >= 4 is 0 Å². The Morgan fingerprint density at radius 2 is 1.09 bits per heavy atom. The molecule has 14 atom stereocenters. The van der Waals surface area contributed by atoms with Crippen molar-refractivity contribution in [3.63, 3.8) is 0 Å². The molecule has 0 bridgehead atoms. The van der Waals surface area contributed by atoms with Gasteiger partial charge >= 0.3 is 0 Å². The third kappa shape index (κ3) is 5.07. The summed E-state index contributed by atoms with van der Waals surface area (Å²) < 4.78 is 26.3. The van der Waals surface area contributed by atoms with Crippen LogP contribution in [-0.2, 0) is 23.7 Å². The van der Waals surface area contributed by atoms with E-state index in [0.29, 0.717) is 0 Å². The van der Waals surface area contributed by atoms with Crippen molar-refractivity contribution in [2.75, 3.05) is 19.8 Å². The van der Waals surface area contributed by atoms with Crippen LogP contribution in [0.1, 0.15) is 0 Å². The lowest BCUT2D eigenvalue weighted by atomic mass is 9.96. The lowest BCUT2D eigenvalue weighted by Crippen LogP contribution is -2.66. The summed E-state index contributed by atoms with van der Waals surface area (Å²) >= 11 is 0. The van der Waals surface area contributed by atoms with Crippen LogP contribution in [0.15, 0.2) is 0 Å². The lowest BCUT2D eigenvalue weighted by Gasteiger charge is -2.47. The maximum absolute atomic E-state index is 10.5. The highest BCUT2D eigenvalue weighted by atomic mass is 16.7. The van der Waals surface area contributed by atoms with Crippen molar-refractivity contribution in [2.45, 2.75) is 86.0 Å². The van der Waals surface area contributed by atoms with E-state index in [-0.39, 0.29) is 6.61 Å². The van der Waals surface area contributed by atoms with Crippen LogP contribution in [0.4, 0.5) is 0 Å². The van der Waals surface area contributed by atoms with E-state index in [1.165, 1.54) is 0 Å². The molecule has 0 aromatic heterocycles. The summed E-state index contributed by atoms with van der Waals surface area (Å²) in [6.07, 6.45) is -22.6. The summed E-state index contributed by atoms with van der Waals surface area (Å²) in [5, 5.41) is 98.9. The summed E-state index contributed by atoms with van der Waals surface area (Å²) in [7, 11) is 0. The third-order valence-corrected chi connectivity index (χ3v) is 5.70. The quantitative estimate of drug-likeness (QED) is 0.172. The molecule has 3 fully saturated rings. The first-order valence-corrected chi connectivity index (χ1v) is 10.00. The van der Waals surface area contributed by atoms with E-state index in [2.05, 4.69) is 0 Å². The van der Waals surface area contributed by atoms with E-state index in [9.17, 15) is 51.1 Å². The smallest absolute Gasteiger partial charge is 0.187 e. The average Bonchev–Trinajstić information content (AvgIpc) is 2.78. The Balaban J connectivity index is 1.69. The zero-order chi connectivity index (χ0) is 23.7. The number of aliphatic hydroxyl groups excluding tert-OH is 10. The molecule has 0 radical (unpaired) electrons. The zero-order valence-corrected chi connectivity index (χ0v) is 16.7. The van der Waals surface area contributed by atoms with Crippen LogP contribution in [0.3, 0.4) is 0 Å². The maximum atomic E-state index is 10.5. The van der Waals surface area contributed by atoms with Crippen molar-refractivity contribution in [3.8, 4) is 0 Å². The van der Waals surface area contributed by atoms with Gasteiger partial charge in [-0.05, 0) is 0 Å². The molecule has 188 valence electrons. The van der Waals surface area contributed by atoms with E-state index >= 15 is 0 Å². The van der Waals surface area contributed by atoms with Gasteiger partial charge in [-0.2, -0.15) is 0 Å². The average molecular weight is 474 g/mol. The van der Waals surface area contributed by atoms with Gasteiger partial charge in [0.25, 0.3) is 0 Å². The van der Waals surface area contributed by atoms with Crippen LogP contribution in [0.2, 0.25) is 0 Å². The number of aliphatic hydroxyl groups is 10. The number of hydrogen-bond donors (Lipinski definition) is 10. The van der Waals surface area contributed by atoms with Gasteiger partial charge in [0.15, 0.2) is 18.9 Å². The highest BCUT2D eigenvalue weighted by molar-refractivity contribution is 4.95. The zero-order valence-electron chi connectivity index (χ0n) is 16.7. The van der Waals surface area contributed by atoms with Crippen molar-refractivity contribution in [2.24, 2.45) is 0 Å². The van der Waals surface area contributed by atoms with Crippen molar-refractivity contribution in [1.29, 1.82) is 0 Å². The molecule has 3 aliphatic rings. The first kappa shape index (κ1) is 26.0. The maximum Gasteiger partial charge on any atom is 0.187 e. The van der Waals surface area contributed by atoms with E-state index in [1.807, 2.05) is 0 Å². The molecule has 10 N–H and O–H groups in total. The summed E-state index contributed by atoms with van der Waals surface area (Å²) in [6, 6.07) is 0. The second kappa shape index (κ2) is 10.8. The summed E-state index contributed by atoms with van der Waals surface area (Å²) in [5.74, 6) is 0. The van der Waals surface area contributed by atoms with Gasteiger partial charge in [0.05, 0.1) is 19.8 Å². The van der Waals surface area contributed by atoms with E-state index in [4.69, 9.17) is 23.7 Å². The standard InChI is InChI=1S/C17H30O15/c18-1-5-13(8(22)10(24)15(27)29-5)32-17-12(26)9(23)14(6(2-19)30-17)31-16-11(25)7(21)4(20)3-28-16/h4-27H,1-3H2/t4-,5-,6-,7+,8-,9-,10-,11-,12-,13-,14-,15-,16+,17+/m1/s1. The molecule has 0 aromatic rings. The molecule has 0 aromatic carbocycles. The van der Waals surface area contributed by atoms with E-state index in [1.54, 1.807) is 0 Å². The molecule has 0 saturated carbocycles. The predicted molar refractivity (Wildman–Crippen MR) is 95.2 cm³/mol. The predicted octanol–water partition coefficient (Wildman–Crippen LogP) is -6.93. The van der Waals surface area contributed by atoms with Gasteiger partial charge in [-0.3, -0.25) is 0 Å². The molecule has 0 spiro atoms. The van der Waals surface area contributed by atoms with Gasteiger partial charge in [-0.1, -0.05) is 0 Å². The van der Waals surface area contributed by atoms with E-state index in [0.717, 1.165) is 0 Å². The van der Waals surface area contributed by atoms with Crippen LogP contribution < -0.4 is 0 Å². The summed E-state index contributed by atoms with van der Waals surface area (Å²) in [4.78, 5) is 0. The highest BCUT2D eigenvalue weighted by Gasteiger charge is 2.52. The largest absolute Gasteiger partial charge is 0.394 e. The molecule has 32 heavy (non-hydrogen) atoms. The van der Waals surface area contributed by atoms with Crippen molar-refractivity contribution < 1.29 is 74.7 Å². The van der Waals surface area contributed by atoms with Gasteiger partial charge < -0.3 is 74.7 Å². The van der Waals surface area contributed by atoms with Gasteiger partial charge in [0.1, 0.15) is 67.1 Å². The second-order valence-electron chi connectivity index (χ2n) is 7.89. The number of ether oxygens (including phenoxy) is 5. The van der Waals surface area contributed by atoms with Crippen LogP contribution in [0.5, 0.6) is 0 Å². The Labute approximate surface area is 181 Å². The van der Waals surface area contributed by atoms with Crippen LogP contribution >= 0.6 is 0 Å². The molecule has 3 aliphatic heterocycles. The fourth-order valence-electron chi connectivity index (χ4n) is 3.78.